The van der Waals surface area contributed by atoms with E-state index in [1.165, 1.54) is 32.8 Å². The van der Waals surface area contributed by atoms with Gasteiger partial charge in [0.1, 0.15) is 0 Å². The van der Waals surface area contributed by atoms with Gasteiger partial charge in [0.15, 0.2) is 0 Å². The molecule has 0 amide bonds. The van der Waals surface area contributed by atoms with E-state index in [1.807, 2.05) is 6.08 Å². The number of carbonyl (C=O) groups is 1. The smallest absolute Gasteiger partial charge is 0.337 e. The zero-order chi connectivity index (χ0) is 14.1. The zero-order valence-corrected chi connectivity index (χ0v) is 12.1. The van der Waals surface area contributed by atoms with Crippen LogP contribution in [0, 0.1) is 5.92 Å². The lowest BCUT2D eigenvalue weighted by Crippen LogP contribution is -2.13. The van der Waals surface area contributed by atoms with Crippen LogP contribution in [0.1, 0.15) is 51.4 Å². The summed E-state index contributed by atoms with van der Waals surface area (Å²) in [6.07, 6.45) is 13.4. The summed E-state index contributed by atoms with van der Waals surface area (Å²) in [7, 11) is 1.42. The summed E-state index contributed by atoms with van der Waals surface area (Å²) in [6, 6.07) is 0. The highest BCUT2D eigenvalue weighted by atomic mass is 16.5. The largest absolute Gasteiger partial charge is 0.465 e. The fourth-order valence-electron chi connectivity index (χ4n) is 2.70. The van der Waals surface area contributed by atoms with Gasteiger partial charge >= 0.3 is 5.97 Å². The molecule has 0 N–H and O–H groups in total. The second-order valence-corrected chi connectivity index (χ2v) is 5.18. The van der Waals surface area contributed by atoms with Crippen LogP contribution in [0.15, 0.2) is 36.5 Å². The highest BCUT2D eigenvalue weighted by molar-refractivity contribution is 5.92. The van der Waals surface area contributed by atoms with Gasteiger partial charge in [0, 0.05) is 0 Å². The first-order valence-electron chi connectivity index (χ1n) is 7.29. The van der Waals surface area contributed by atoms with Gasteiger partial charge in [-0.1, -0.05) is 31.6 Å². The molecule has 1 atom stereocenters. The molecule has 1 unspecified atom stereocenters. The predicted octanol–water partition coefficient (Wildman–Crippen LogP) is 4.58. The Morgan fingerprint density at radius 1 is 1.47 bits per heavy atom. The number of esters is 1. The maximum atomic E-state index is 11.7. The number of unbranched alkanes of at least 4 members (excludes halogenated alkanes) is 2. The van der Waals surface area contributed by atoms with E-state index in [9.17, 15) is 4.79 Å². The minimum absolute atomic E-state index is 0.288. The first-order valence-corrected chi connectivity index (χ1v) is 7.29. The molecular formula is C17H26O2. The standard InChI is InChI=1S/C17H26O2/c1-4-5-6-8-11-15-12-9-7-10-13-16(15)14(2)17(18)19-3/h4,13,15H,1-2,5-12H2,3H3. The third-order valence-corrected chi connectivity index (χ3v) is 3.80. The molecule has 106 valence electrons. The molecule has 1 rings (SSSR count). The lowest BCUT2D eigenvalue weighted by Gasteiger charge is -2.19. The van der Waals surface area contributed by atoms with Crippen molar-refractivity contribution in [2.75, 3.05) is 7.11 Å². The number of ether oxygens (including phenoxy) is 1. The van der Waals surface area contributed by atoms with E-state index in [2.05, 4.69) is 19.2 Å². The van der Waals surface area contributed by atoms with Crippen LogP contribution in [-0.2, 0) is 9.53 Å². The van der Waals surface area contributed by atoms with Crippen LogP contribution in [0.4, 0.5) is 0 Å². The molecular weight excluding hydrogens is 236 g/mol. The van der Waals surface area contributed by atoms with Gasteiger partial charge in [0.05, 0.1) is 12.7 Å². The molecule has 0 aromatic carbocycles. The summed E-state index contributed by atoms with van der Waals surface area (Å²) in [5.41, 5.74) is 1.68. The minimum atomic E-state index is -0.288. The Hall–Kier alpha value is -1.31. The van der Waals surface area contributed by atoms with Crippen LogP contribution in [0.3, 0.4) is 0 Å². The van der Waals surface area contributed by atoms with E-state index in [4.69, 9.17) is 4.74 Å². The molecule has 0 aromatic heterocycles. The van der Waals surface area contributed by atoms with E-state index < -0.39 is 0 Å². The van der Waals surface area contributed by atoms with Crippen molar-refractivity contribution in [2.45, 2.75) is 51.4 Å². The Balaban J connectivity index is 2.65. The first kappa shape index (κ1) is 15.7. The number of carbonyl (C=O) groups excluding carboxylic acids is 1. The molecule has 0 aliphatic heterocycles. The lowest BCUT2D eigenvalue weighted by atomic mass is 9.86. The highest BCUT2D eigenvalue weighted by Crippen LogP contribution is 2.32. The van der Waals surface area contributed by atoms with E-state index in [-0.39, 0.29) is 5.97 Å². The normalized spacial score (nSPS) is 19.2. The second-order valence-electron chi connectivity index (χ2n) is 5.18. The quantitative estimate of drug-likeness (QED) is 0.290. The van der Waals surface area contributed by atoms with Gasteiger partial charge in [0.25, 0.3) is 0 Å². The Labute approximate surface area is 117 Å². The van der Waals surface area contributed by atoms with Crippen LogP contribution in [-0.4, -0.2) is 13.1 Å². The molecule has 0 heterocycles. The average Bonchev–Trinajstić information content (AvgIpc) is 2.67. The molecule has 0 spiro atoms. The first-order chi connectivity index (χ1) is 9.20. The maximum Gasteiger partial charge on any atom is 0.337 e. The fourth-order valence-corrected chi connectivity index (χ4v) is 2.70. The van der Waals surface area contributed by atoms with Crippen molar-refractivity contribution in [2.24, 2.45) is 5.92 Å². The third-order valence-electron chi connectivity index (χ3n) is 3.80. The average molecular weight is 262 g/mol. The number of hydrogen-bond acceptors (Lipinski definition) is 2. The molecule has 0 fully saturated rings. The van der Waals surface area contributed by atoms with Gasteiger partial charge in [-0.3, -0.25) is 0 Å². The number of allylic oxidation sites excluding steroid dienone is 2. The summed E-state index contributed by atoms with van der Waals surface area (Å²) >= 11 is 0. The molecule has 2 nitrogen and oxygen atoms in total. The summed E-state index contributed by atoms with van der Waals surface area (Å²) < 4.78 is 4.80. The predicted molar refractivity (Wildman–Crippen MR) is 79.9 cm³/mol. The molecule has 0 saturated heterocycles. The van der Waals surface area contributed by atoms with Crippen molar-refractivity contribution in [3.8, 4) is 0 Å². The van der Waals surface area contributed by atoms with E-state index in [1.54, 1.807) is 0 Å². The molecule has 0 aromatic rings. The van der Waals surface area contributed by atoms with E-state index in [0.29, 0.717) is 11.5 Å². The summed E-state index contributed by atoms with van der Waals surface area (Å²) in [5.74, 6) is 0.183. The topological polar surface area (TPSA) is 26.3 Å². The SMILES string of the molecule is C=CCCCCC1CCCCC=C1C(=C)C(=O)OC. The van der Waals surface area contributed by atoms with Crippen molar-refractivity contribution in [1.82, 2.24) is 0 Å². The van der Waals surface area contributed by atoms with Crippen molar-refractivity contribution in [1.29, 1.82) is 0 Å². The molecule has 1 aliphatic rings. The van der Waals surface area contributed by atoms with Gasteiger partial charge in [-0.25, -0.2) is 4.79 Å². The van der Waals surface area contributed by atoms with Crippen molar-refractivity contribution >= 4 is 5.97 Å². The van der Waals surface area contributed by atoms with Gasteiger partial charge in [-0.15, -0.1) is 6.58 Å². The Bertz CT molecular complexity index is 352. The summed E-state index contributed by atoms with van der Waals surface area (Å²) in [5, 5.41) is 0. The highest BCUT2D eigenvalue weighted by Gasteiger charge is 2.22. The molecule has 0 bridgehead atoms. The Morgan fingerprint density at radius 3 is 2.95 bits per heavy atom. The lowest BCUT2D eigenvalue weighted by molar-refractivity contribution is -0.135. The summed E-state index contributed by atoms with van der Waals surface area (Å²) in [6.45, 7) is 7.68. The van der Waals surface area contributed by atoms with E-state index >= 15 is 0 Å². The van der Waals surface area contributed by atoms with Crippen LogP contribution in [0.25, 0.3) is 0 Å². The van der Waals surface area contributed by atoms with Gasteiger partial charge in [-0.2, -0.15) is 0 Å². The van der Waals surface area contributed by atoms with Gasteiger partial charge in [0.2, 0.25) is 0 Å². The maximum absolute atomic E-state index is 11.7. The fraction of sp³-hybridized carbons (Fsp3) is 0.588. The van der Waals surface area contributed by atoms with Crippen molar-refractivity contribution in [3.05, 3.63) is 36.5 Å². The van der Waals surface area contributed by atoms with Crippen LogP contribution >= 0.6 is 0 Å². The van der Waals surface area contributed by atoms with E-state index in [0.717, 1.165) is 31.3 Å². The zero-order valence-electron chi connectivity index (χ0n) is 12.1. The Kier molecular flexibility index (Phi) is 7.24. The molecule has 2 heteroatoms. The molecule has 0 saturated carbocycles. The summed E-state index contributed by atoms with van der Waals surface area (Å²) in [4.78, 5) is 11.7. The van der Waals surface area contributed by atoms with Gasteiger partial charge < -0.3 is 4.74 Å². The van der Waals surface area contributed by atoms with Crippen LogP contribution < -0.4 is 0 Å². The number of methoxy groups -OCH3 is 1. The molecule has 1 aliphatic carbocycles. The monoisotopic (exact) mass is 262 g/mol. The number of hydrogen-bond donors (Lipinski definition) is 0. The van der Waals surface area contributed by atoms with Crippen molar-refractivity contribution in [3.63, 3.8) is 0 Å². The molecule has 0 radical (unpaired) electrons. The third kappa shape index (κ3) is 5.06. The van der Waals surface area contributed by atoms with Crippen molar-refractivity contribution < 1.29 is 9.53 Å². The molecule has 19 heavy (non-hydrogen) atoms. The minimum Gasteiger partial charge on any atom is -0.465 e. The Morgan fingerprint density at radius 2 is 2.26 bits per heavy atom. The second kappa shape index (κ2) is 8.73. The van der Waals surface area contributed by atoms with Crippen LogP contribution in [0.2, 0.25) is 0 Å². The number of rotatable bonds is 7. The van der Waals surface area contributed by atoms with Gasteiger partial charge in [-0.05, 0) is 50.0 Å². The van der Waals surface area contributed by atoms with Crippen LogP contribution in [0.5, 0.6) is 0 Å².